The number of nitrogens with zero attached hydrogens (tertiary/aromatic N) is 2. The van der Waals surface area contributed by atoms with Gasteiger partial charge in [-0.25, -0.2) is 0 Å². The minimum Gasteiger partial charge on any atom is -0.357 e. The van der Waals surface area contributed by atoms with Gasteiger partial charge in [0.15, 0.2) is 5.96 Å². The van der Waals surface area contributed by atoms with Crippen molar-refractivity contribution >= 4 is 52.9 Å². The first kappa shape index (κ1) is 21.9. The van der Waals surface area contributed by atoms with E-state index in [4.69, 9.17) is 11.6 Å². The zero-order valence-electron chi connectivity index (χ0n) is 14.1. The van der Waals surface area contributed by atoms with Crippen LogP contribution in [0.1, 0.15) is 32.6 Å². The lowest BCUT2D eigenvalue weighted by atomic mass is 10.1. The second-order valence-electron chi connectivity index (χ2n) is 5.97. The summed E-state index contributed by atoms with van der Waals surface area (Å²) in [6.45, 7) is 11.9. The van der Waals surface area contributed by atoms with E-state index in [0.29, 0.717) is 0 Å². The number of thiophene rings is 1. The summed E-state index contributed by atoms with van der Waals surface area (Å²) in [6, 6.07) is 4.00. The van der Waals surface area contributed by atoms with E-state index in [1.165, 1.54) is 4.88 Å². The summed E-state index contributed by atoms with van der Waals surface area (Å²) in [5.74, 6) is 0.928. The third-order valence-corrected chi connectivity index (χ3v) is 3.96. The van der Waals surface area contributed by atoms with Gasteiger partial charge in [0.2, 0.25) is 0 Å². The zero-order chi connectivity index (χ0) is 15.9. The third-order valence-electron chi connectivity index (χ3n) is 2.75. The van der Waals surface area contributed by atoms with Crippen LogP contribution in [-0.2, 0) is 6.54 Å². The fraction of sp³-hybridized carbons (Fsp3) is 0.667. The van der Waals surface area contributed by atoms with Gasteiger partial charge >= 0.3 is 0 Å². The second kappa shape index (κ2) is 10.7. The summed E-state index contributed by atoms with van der Waals surface area (Å²) in [5.41, 5.74) is 0.132. The summed E-state index contributed by atoms with van der Waals surface area (Å²) < 4.78 is 0.828. The topological polar surface area (TPSA) is 39.7 Å². The predicted molar refractivity (Wildman–Crippen MR) is 110 cm³/mol. The average Bonchev–Trinajstić information content (AvgIpc) is 2.77. The van der Waals surface area contributed by atoms with Crippen LogP contribution < -0.4 is 10.6 Å². The van der Waals surface area contributed by atoms with Gasteiger partial charge in [0.05, 0.1) is 17.4 Å². The van der Waals surface area contributed by atoms with Gasteiger partial charge in [-0.05, 0) is 39.8 Å². The van der Waals surface area contributed by atoms with Crippen molar-refractivity contribution in [1.82, 2.24) is 15.5 Å². The first-order valence-corrected chi connectivity index (χ1v) is 8.50. The molecule has 1 heterocycles. The summed E-state index contributed by atoms with van der Waals surface area (Å²) in [7, 11) is 2.05. The maximum atomic E-state index is 5.98. The van der Waals surface area contributed by atoms with E-state index in [1.54, 1.807) is 11.3 Å². The van der Waals surface area contributed by atoms with Gasteiger partial charge in [-0.15, -0.1) is 35.3 Å². The zero-order valence-corrected chi connectivity index (χ0v) is 18.0. The second-order valence-corrected chi connectivity index (χ2v) is 7.77. The highest BCUT2D eigenvalue weighted by atomic mass is 127. The van der Waals surface area contributed by atoms with Crippen molar-refractivity contribution < 1.29 is 0 Å². The van der Waals surface area contributed by atoms with Crippen molar-refractivity contribution in [2.75, 3.05) is 26.7 Å². The molecule has 0 aliphatic carbocycles. The summed E-state index contributed by atoms with van der Waals surface area (Å²) in [5, 5.41) is 6.77. The number of halogens is 2. The Morgan fingerprint density at radius 1 is 1.36 bits per heavy atom. The minimum absolute atomic E-state index is 0. The van der Waals surface area contributed by atoms with Crippen LogP contribution in [0.3, 0.4) is 0 Å². The quantitative estimate of drug-likeness (QED) is 0.295. The molecule has 128 valence electrons. The van der Waals surface area contributed by atoms with E-state index in [0.717, 1.165) is 36.5 Å². The predicted octanol–water partition coefficient (Wildman–Crippen LogP) is 3.80. The Balaban J connectivity index is 0.00000441. The van der Waals surface area contributed by atoms with E-state index in [1.807, 2.05) is 13.1 Å². The fourth-order valence-electron chi connectivity index (χ4n) is 1.81. The average molecular weight is 459 g/mol. The lowest BCUT2D eigenvalue weighted by molar-refractivity contribution is 0.430. The standard InChI is InChI=1S/C15H27ClN4S.HI/c1-6-17-14(18-9-10-19-15(2,3)4)20(5)11-12-7-8-13(16)21-12;/h7-8,19H,6,9-11H2,1-5H3,(H,17,18);1H. The molecule has 1 rings (SSSR count). The summed E-state index contributed by atoms with van der Waals surface area (Å²) in [4.78, 5) is 8.02. The highest BCUT2D eigenvalue weighted by Gasteiger charge is 2.09. The molecular weight excluding hydrogens is 431 g/mol. The molecule has 0 bridgehead atoms. The van der Waals surface area contributed by atoms with Crippen LogP contribution in [0.25, 0.3) is 0 Å². The Kier molecular flexibility index (Phi) is 10.6. The largest absolute Gasteiger partial charge is 0.357 e. The van der Waals surface area contributed by atoms with Crippen LogP contribution in [0, 0.1) is 0 Å². The highest BCUT2D eigenvalue weighted by molar-refractivity contribution is 14.0. The molecule has 1 aromatic heterocycles. The van der Waals surface area contributed by atoms with Gasteiger partial charge in [-0.3, -0.25) is 4.99 Å². The van der Waals surface area contributed by atoms with Crippen molar-refractivity contribution in [2.45, 2.75) is 39.8 Å². The maximum absolute atomic E-state index is 5.98. The van der Waals surface area contributed by atoms with Crippen molar-refractivity contribution in [3.8, 4) is 0 Å². The Morgan fingerprint density at radius 2 is 2.05 bits per heavy atom. The summed E-state index contributed by atoms with van der Waals surface area (Å²) >= 11 is 7.59. The Bertz CT molecular complexity index is 457. The summed E-state index contributed by atoms with van der Waals surface area (Å²) in [6.07, 6.45) is 0. The van der Waals surface area contributed by atoms with E-state index >= 15 is 0 Å². The van der Waals surface area contributed by atoms with E-state index < -0.39 is 0 Å². The molecule has 0 fully saturated rings. The molecule has 0 saturated carbocycles. The fourth-order valence-corrected chi connectivity index (χ4v) is 2.95. The number of guanidine groups is 1. The van der Waals surface area contributed by atoms with Crippen LogP contribution in [0.4, 0.5) is 0 Å². The van der Waals surface area contributed by atoms with Crippen LogP contribution >= 0.6 is 46.9 Å². The molecule has 0 aromatic carbocycles. The van der Waals surface area contributed by atoms with Gasteiger partial charge < -0.3 is 15.5 Å². The van der Waals surface area contributed by atoms with Crippen molar-refractivity contribution in [3.63, 3.8) is 0 Å². The molecule has 22 heavy (non-hydrogen) atoms. The van der Waals surface area contributed by atoms with Crippen LogP contribution in [0.2, 0.25) is 4.34 Å². The van der Waals surface area contributed by atoms with Crippen molar-refractivity contribution in [1.29, 1.82) is 0 Å². The molecule has 2 N–H and O–H groups in total. The number of hydrogen-bond acceptors (Lipinski definition) is 3. The number of nitrogens with one attached hydrogen (secondary N) is 2. The number of rotatable bonds is 6. The monoisotopic (exact) mass is 458 g/mol. The third kappa shape index (κ3) is 9.17. The normalized spacial score (nSPS) is 12.0. The smallest absolute Gasteiger partial charge is 0.194 e. The van der Waals surface area contributed by atoms with E-state index in [-0.39, 0.29) is 29.5 Å². The molecule has 7 heteroatoms. The molecule has 0 radical (unpaired) electrons. The first-order chi connectivity index (χ1) is 9.81. The molecule has 0 atom stereocenters. The van der Waals surface area contributed by atoms with E-state index in [9.17, 15) is 0 Å². The maximum Gasteiger partial charge on any atom is 0.194 e. The number of aliphatic imine (C=N–C) groups is 1. The van der Waals surface area contributed by atoms with Gasteiger partial charge in [-0.1, -0.05) is 11.6 Å². The van der Waals surface area contributed by atoms with Crippen LogP contribution in [0.5, 0.6) is 0 Å². The lowest BCUT2D eigenvalue weighted by Crippen LogP contribution is -2.40. The van der Waals surface area contributed by atoms with E-state index in [2.05, 4.69) is 54.3 Å². The molecule has 4 nitrogen and oxygen atoms in total. The van der Waals surface area contributed by atoms with Gasteiger partial charge in [0, 0.05) is 30.6 Å². The SMILES string of the molecule is CCNC(=NCCNC(C)(C)C)N(C)Cc1ccc(Cl)s1.I. The van der Waals surface area contributed by atoms with Gasteiger partial charge in [0.1, 0.15) is 0 Å². The molecule has 0 aliphatic heterocycles. The van der Waals surface area contributed by atoms with Gasteiger partial charge in [0.25, 0.3) is 0 Å². The molecule has 0 amide bonds. The first-order valence-electron chi connectivity index (χ1n) is 7.30. The van der Waals surface area contributed by atoms with Crippen LogP contribution in [-0.4, -0.2) is 43.1 Å². The van der Waals surface area contributed by atoms with Gasteiger partial charge in [-0.2, -0.15) is 0 Å². The molecule has 0 unspecified atom stereocenters. The van der Waals surface area contributed by atoms with Crippen molar-refractivity contribution in [3.05, 3.63) is 21.3 Å². The number of hydrogen-bond donors (Lipinski definition) is 2. The Hall–Kier alpha value is -0.0500. The van der Waals surface area contributed by atoms with Crippen LogP contribution in [0.15, 0.2) is 17.1 Å². The molecule has 0 saturated heterocycles. The lowest BCUT2D eigenvalue weighted by Gasteiger charge is -2.22. The Morgan fingerprint density at radius 3 is 2.55 bits per heavy atom. The highest BCUT2D eigenvalue weighted by Crippen LogP contribution is 2.22. The van der Waals surface area contributed by atoms with Crippen molar-refractivity contribution in [2.24, 2.45) is 4.99 Å². The molecular formula is C15H28ClIN4S. The Labute approximate surface area is 160 Å². The molecule has 0 aliphatic rings. The minimum atomic E-state index is 0. The molecule has 1 aromatic rings. The molecule has 0 spiro atoms.